The van der Waals surface area contributed by atoms with Crippen molar-refractivity contribution in [1.29, 1.82) is 5.26 Å². The molecule has 132 valence electrons. The van der Waals surface area contributed by atoms with Crippen molar-refractivity contribution < 1.29 is 9.13 Å². The summed E-state index contributed by atoms with van der Waals surface area (Å²) in [5, 5.41) is 9.24. The number of hydrogen-bond acceptors (Lipinski definition) is 4. The van der Waals surface area contributed by atoms with Gasteiger partial charge in [0.2, 0.25) is 5.82 Å². The lowest BCUT2D eigenvalue weighted by molar-refractivity contribution is 0.477. The Labute approximate surface area is 152 Å². The number of ether oxygens (including phenoxy) is 1. The van der Waals surface area contributed by atoms with Crippen molar-refractivity contribution in [2.24, 2.45) is 7.05 Å². The zero-order chi connectivity index (χ0) is 19.6. The van der Waals surface area contributed by atoms with Crippen LogP contribution in [-0.2, 0) is 7.05 Å². The van der Waals surface area contributed by atoms with Crippen LogP contribution >= 0.6 is 0 Å². The van der Waals surface area contributed by atoms with Crippen LogP contribution in [0.2, 0.25) is 0 Å². The highest BCUT2D eigenvalue weighted by molar-refractivity contribution is 5.53. The van der Waals surface area contributed by atoms with Gasteiger partial charge in [-0.05, 0) is 18.2 Å². The molecule has 0 amide bonds. The predicted molar refractivity (Wildman–Crippen MR) is 94.7 cm³/mol. The number of rotatable bonds is 3. The average molecular weight is 362 g/mol. The molecule has 0 aliphatic carbocycles. The fourth-order valence-electron chi connectivity index (χ4n) is 2.44. The van der Waals surface area contributed by atoms with Crippen molar-refractivity contribution in [1.82, 2.24) is 9.13 Å². The summed E-state index contributed by atoms with van der Waals surface area (Å²) >= 11 is 0. The van der Waals surface area contributed by atoms with Gasteiger partial charge in [-0.2, -0.15) is 5.26 Å². The molecule has 3 aromatic rings. The maximum atomic E-state index is 14.5. The summed E-state index contributed by atoms with van der Waals surface area (Å²) in [4.78, 5) is 27.8. The first-order valence-electron chi connectivity index (χ1n) is 7.63. The van der Waals surface area contributed by atoms with E-state index in [-0.39, 0.29) is 22.8 Å². The fourth-order valence-corrected chi connectivity index (χ4v) is 2.44. The third-order valence-corrected chi connectivity index (χ3v) is 3.79. The van der Waals surface area contributed by atoms with Crippen LogP contribution in [0.5, 0.6) is 11.5 Å². The second-order valence-corrected chi connectivity index (χ2v) is 5.46. The molecule has 0 radical (unpaired) electrons. The first kappa shape index (κ1) is 17.6. The molecule has 27 heavy (non-hydrogen) atoms. The number of nitrogens with zero attached hydrogens (tertiary/aromatic N) is 4. The Morgan fingerprint density at radius 3 is 2.52 bits per heavy atom. The zero-order valence-electron chi connectivity index (χ0n) is 14.0. The molecule has 0 spiro atoms. The number of halogens is 1. The fraction of sp³-hybridized carbons (Fsp3) is 0.0526. The summed E-state index contributed by atoms with van der Waals surface area (Å²) in [6.45, 7) is 6.99. The molecule has 2 aromatic carbocycles. The van der Waals surface area contributed by atoms with Gasteiger partial charge in [-0.3, -0.25) is 4.79 Å². The Hall–Kier alpha value is -4.17. The zero-order valence-corrected chi connectivity index (χ0v) is 14.0. The molecule has 0 bridgehead atoms. The van der Waals surface area contributed by atoms with Crippen LogP contribution in [0.15, 0.2) is 58.1 Å². The minimum atomic E-state index is -0.943. The Morgan fingerprint density at radius 2 is 1.89 bits per heavy atom. The van der Waals surface area contributed by atoms with E-state index in [1.165, 1.54) is 7.05 Å². The summed E-state index contributed by atoms with van der Waals surface area (Å²) in [5.74, 6) is -0.726. The van der Waals surface area contributed by atoms with Crippen molar-refractivity contribution in [2.75, 3.05) is 0 Å². The molecule has 0 fully saturated rings. The predicted octanol–water partition coefficient (Wildman–Crippen LogP) is 2.89. The quantitative estimate of drug-likeness (QED) is 0.671. The molecule has 1 heterocycles. The van der Waals surface area contributed by atoms with Gasteiger partial charge in [-0.1, -0.05) is 24.8 Å². The maximum Gasteiger partial charge on any atom is 0.407 e. The highest BCUT2D eigenvalue weighted by atomic mass is 19.1. The van der Waals surface area contributed by atoms with E-state index >= 15 is 0 Å². The standard InChI is InChI=1S/C19H11FN4O3/c1-22-17-10-18(25)24(19(26)23(17)2)15-9-16(12(11-21)8-14(15)20)27-13-6-4-3-5-7-13/h3-10H,2H3. The highest BCUT2D eigenvalue weighted by Gasteiger charge is 2.19. The Bertz CT molecular complexity index is 1230. The molecular formula is C19H11FN4O3. The average Bonchev–Trinajstić information content (AvgIpc) is 2.67. The van der Waals surface area contributed by atoms with Gasteiger partial charge in [0.05, 0.1) is 18.3 Å². The van der Waals surface area contributed by atoms with Crippen molar-refractivity contribution in [2.45, 2.75) is 0 Å². The Morgan fingerprint density at radius 1 is 1.19 bits per heavy atom. The summed E-state index contributed by atoms with van der Waals surface area (Å²) < 4.78 is 21.7. The molecule has 0 saturated heterocycles. The second kappa shape index (κ2) is 6.98. The molecule has 8 heteroatoms. The third-order valence-electron chi connectivity index (χ3n) is 3.79. The molecular weight excluding hydrogens is 351 g/mol. The molecule has 1 aromatic heterocycles. The van der Waals surface area contributed by atoms with E-state index in [0.717, 1.165) is 22.8 Å². The van der Waals surface area contributed by atoms with E-state index in [1.807, 2.05) is 6.07 Å². The van der Waals surface area contributed by atoms with E-state index in [9.17, 15) is 19.2 Å². The normalized spacial score (nSPS) is 10.1. The largest absolute Gasteiger partial charge is 0.456 e. The van der Waals surface area contributed by atoms with Gasteiger partial charge >= 0.3 is 5.69 Å². The SMILES string of the molecule is [C-]#[N+]c1cc(=O)n(-c2cc(Oc3ccccc3)c(C#N)cc2F)c(=O)n1C. The van der Waals surface area contributed by atoms with Gasteiger partial charge in [0, 0.05) is 12.1 Å². The molecule has 0 N–H and O–H groups in total. The third kappa shape index (κ3) is 3.20. The van der Waals surface area contributed by atoms with Gasteiger partial charge in [0.25, 0.3) is 5.56 Å². The van der Waals surface area contributed by atoms with Crippen LogP contribution in [-0.4, -0.2) is 9.13 Å². The number of para-hydroxylation sites is 1. The van der Waals surface area contributed by atoms with Gasteiger partial charge in [-0.15, -0.1) is 0 Å². The van der Waals surface area contributed by atoms with E-state index in [0.29, 0.717) is 10.3 Å². The number of benzene rings is 2. The van der Waals surface area contributed by atoms with Crippen molar-refractivity contribution in [3.05, 3.63) is 92.2 Å². The van der Waals surface area contributed by atoms with Crippen molar-refractivity contribution in [3.8, 4) is 23.3 Å². The number of nitriles is 1. The van der Waals surface area contributed by atoms with Gasteiger partial charge < -0.3 is 9.58 Å². The molecule has 0 aliphatic rings. The lowest BCUT2D eigenvalue weighted by atomic mass is 10.2. The van der Waals surface area contributed by atoms with E-state index in [4.69, 9.17) is 11.3 Å². The van der Waals surface area contributed by atoms with Crippen LogP contribution in [0.1, 0.15) is 5.56 Å². The maximum absolute atomic E-state index is 14.5. The van der Waals surface area contributed by atoms with Crippen LogP contribution in [0.25, 0.3) is 10.5 Å². The van der Waals surface area contributed by atoms with Gasteiger partial charge in [0.15, 0.2) is 0 Å². The van der Waals surface area contributed by atoms with Crippen LogP contribution in [0, 0.1) is 23.7 Å². The highest BCUT2D eigenvalue weighted by Crippen LogP contribution is 2.28. The van der Waals surface area contributed by atoms with E-state index < -0.39 is 17.1 Å². The Balaban J connectivity index is 2.24. The number of hydrogen-bond donors (Lipinski definition) is 0. The van der Waals surface area contributed by atoms with Gasteiger partial charge in [-0.25, -0.2) is 18.3 Å². The smallest absolute Gasteiger partial charge is 0.407 e. The lowest BCUT2D eigenvalue weighted by Crippen LogP contribution is -2.37. The first-order valence-corrected chi connectivity index (χ1v) is 7.63. The second-order valence-electron chi connectivity index (χ2n) is 5.46. The van der Waals surface area contributed by atoms with Crippen molar-refractivity contribution >= 4 is 5.82 Å². The van der Waals surface area contributed by atoms with E-state index in [2.05, 4.69) is 4.85 Å². The Kier molecular flexibility index (Phi) is 4.56. The molecule has 0 saturated carbocycles. The lowest BCUT2D eigenvalue weighted by Gasteiger charge is -2.12. The van der Waals surface area contributed by atoms with Crippen LogP contribution in [0.3, 0.4) is 0 Å². The van der Waals surface area contributed by atoms with E-state index in [1.54, 1.807) is 30.3 Å². The van der Waals surface area contributed by atoms with Gasteiger partial charge in [0.1, 0.15) is 23.4 Å². The molecule has 7 nitrogen and oxygen atoms in total. The summed E-state index contributed by atoms with van der Waals surface area (Å²) in [6, 6.07) is 13.2. The molecule has 3 rings (SSSR count). The molecule has 0 aliphatic heterocycles. The number of aromatic nitrogens is 2. The summed E-state index contributed by atoms with van der Waals surface area (Å²) in [5.41, 5.74) is -2.22. The topological polar surface area (TPSA) is 81.4 Å². The minimum Gasteiger partial charge on any atom is -0.456 e. The van der Waals surface area contributed by atoms with Crippen LogP contribution < -0.4 is 16.0 Å². The molecule has 0 unspecified atom stereocenters. The minimum absolute atomic E-state index is 0.0108. The summed E-state index contributed by atoms with van der Waals surface area (Å²) in [6.07, 6.45) is 0. The van der Waals surface area contributed by atoms with Crippen molar-refractivity contribution in [3.63, 3.8) is 0 Å². The first-order chi connectivity index (χ1) is 13.0. The monoisotopic (exact) mass is 362 g/mol. The summed E-state index contributed by atoms with van der Waals surface area (Å²) in [7, 11) is 1.30. The molecule has 0 atom stereocenters. The van der Waals surface area contributed by atoms with Crippen LogP contribution in [0.4, 0.5) is 10.2 Å².